The second-order valence-electron chi connectivity index (χ2n) is 6.97. The molecule has 3 aromatic carbocycles. The van der Waals surface area contributed by atoms with Crippen molar-refractivity contribution in [1.29, 1.82) is 0 Å². The molecule has 4 nitrogen and oxygen atoms in total. The van der Waals surface area contributed by atoms with Crippen molar-refractivity contribution in [2.24, 2.45) is 0 Å². The molecule has 0 aromatic heterocycles. The summed E-state index contributed by atoms with van der Waals surface area (Å²) in [5, 5.41) is 3.01. The first kappa shape index (κ1) is 19.6. The van der Waals surface area contributed by atoms with Gasteiger partial charge < -0.3 is 15.0 Å². The van der Waals surface area contributed by atoms with Gasteiger partial charge in [0.15, 0.2) is 0 Å². The lowest BCUT2D eigenvalue weighted by Crippen LogP contribution is -2.23. The summed E-state index contributed by atoms with van der Waals surface area (Å²) in [6, 6.07) is 24.0. The van der Waals surface area contributed by atoms with Crippen LogP contribution in [0.3, 0.4) is 0 Å². The molecule has 28 heavy (non-hydrogen) atoms. The monoisotopic (exact) mass is 374 g/mol. The van der Waals surface area contributed by atoms with Gasteiger partial charge in [-0.1, -0.05) is 60.7 Å². The first-order chi connectivity index (χ1) is 13.6. The van der Waals surface area contributed by atoms with Crippen LogP contribution in [0, 0.1) is 0 Å². The van der Waals surface area contributed by atoms with Crippen LogP contribution in [0.5, 0.6) is 5.75 Å². The molecule has 0 bridgehead atoms. The summed E-state index contributed by atoms with van der Waals surface area (Å²) < 4.78 is 5.29. The molecule has 0 heterocycles. The zero-order chi connectivity index (χ0) is 19.9. The van der Waals surface area contributed by atoms with Crippen molar-refractivity contribution in [1.82, 2.24) is 10.2 Å². The van der Waals surface area contributed by atoms with Gasteiger partial charge in [-0.25, -0.2) is 0 Å². The van der Waals surface area contributed by atoms with Gasteiger partial charge in [0.05, 0.1) is 12.7 Å². The van der Waals surface area contributed by atoms with Crippen LogP contribution in [0.4, 0.5) is 0 Å². The molecule has 0 unspecified atom stereocenters. The Morgan fingerprint density at radius 3 is 2.32 bits per heavy atom. The first-order valence-corrected chi connectivity index (χ1v) is 9.31. The quantitative estimate of drug-likeness (QED) is 0.668. The van der Waals surface area contributed by atoms with E-state index in [-0.39, 0.29) is 5.91 Å². The van der Waals surface area contributed by atoms with E-state index in [0.717, 1.165) is 23.2 Å². The van der Waals surface area contributed by atoms with Crippen molar-refractivity contribution in [2.45, 2.75) is 13.1 Å². The van der Waals surface area contributed by atoms with Gasteiger partial charge in [0.2, 0.25) is 0 Å². The van der Waals surface area contributed by atoms with Gasteiger partial charge >= 0.3 is 0 Å². The van der Waals surface area contributed by atoms with Gasteiger partial charge in [0, 0.05) is 13.1 Å². The van der Waals surface area contributed by atoms with Crippen molar-refractivity contribution in [3.05, 3.63) is 89.5 Å². The number of para-hydroxylation sites is 1. The van der Waals surface area contributed by atoms with Gasteiger partial charge in [-0.3, -0.25) is 4.79 Å². The normalized spacial score (nSPS) is 10.7. The topological polar surface area (TPSA) is 41.6 Å². The minimum Gasteiger partial charge on any atom is -0.496 e. The molecule has 144 valence electrons. The molecule has 4 heteroatoms. The number of ether oxygens (including phenoxy) is 1. The van der Waals surface area contributed by atoms with E-state index in [1.807, 2.05) is 30.3 Å². The van der Waals surface area contributed by atoms with Crippen molar-refractivity contribution in [3.8, 4) is 16.9 Å². The highest BCUT2D eigenvalue weighted by Gasteiger charge is 2.12. The number of benzene rings is 3. The van der Waals surface area contributed by atoms with E-state index in [2.05, 4.69) is 54.6 Å². The van der Waals surface area contributed by atoms with E-state index in [1.54, 1.807) is 19.2 Å². The van der Waals surface area contributed by atoms with Gasteiger partial charge in [-0.05, 0) is 48.5 Å². The molecule has 0 radical (unpaired) electrons. The molecule has 1 amide bonds. The Morgan fingerprint density at radius 2 is 1.61 bits per heavy atom. The second kappa shape index (κ2) is 9.20. The highest BCUT2D eigenvalue weighted by atomic mass is 16.5. The molecular weight excluding hydrogens is 348 g/mol. The summed E-state index contributed by atoms with van der Waals surface area (Å²) >= 11 is 0. The molecule has 0 saturated carbocycles. The first-order valence-electron chi connectivity index (χ1n) is 9.31. The standard InChI is InChI=1S/C24H26N2O2/c1-26(2)17-18-12-14-19(15-13-18)21-9-5-4-8-20(21)16-25-24(27)22-10-6-7-11-23(22)28-3/h4-15H,16-17H2,1-3H3,(H,25,27). The molecule has 0 aliphatic carbocycles. The number of nitrogens with one attached hydrogen (secondary N) is 1. The molecule has 1 N–H and O–H groups in total. The molecule has 0 aliphatic rings. The highest BCUT2D eigenvalue weighted by molar-refractivity contribution is 5.96. The van der Waals surface area contributed by atoms with Crippen LogP contribution in [-0.2, 0) is 13.1 Å². The number of methoxy groups -OCH3 is 1. The largest absolute Gasteiger partial charge is 0.496 e. The smallest absolute Gasteiger partial charge is 0.255 e. The van der Waals surface area contributed by atoms with Crippen LogP contribution >= 0.6 is 0 Å². The highest BCUT2D eigenvalue weighted by Crippen LogP contribution is 2.25. The van der Waals surface area contributed by atoms with Crippen LogP contribution < -0.4 is 10.1 Å². The van der Waals surface area contributed by atoms with E-state index in [1.165, 1.54) is 5.56 Å². The van der Waals surface area contributed by atoms with Crippen molar-refractivity contribution in [3.63, 3.8) is 0 Å². The summed E-state index contributed by atoms with van der Waals surface area (Å²) in [5.74, 6) is 0.429. The minimum absolute atomic E-state index is 0.145. The Bertz CT molecular complexity index is 933. The Kier molecular flexibility index (Phi) is 6.45. The number of hydrogen-bond donors (Lipinski definition) is 1. The maximum atomic E-state index is 12.6. The Hall–Kier alpha value is -3.11. The number of hydrogen-bond acceptors (Lipinski definition) is 3. The van der Waals surface area contributed by atoms with Crippen molar-refractivity contribution < 1.29 is 9.53 Å². The molecule has 3 rings (SSSR count). The van der Waals surface area contributed by atoms with Crippen LogP contribution in [0.2, 0.25) is 0 Å². The number of nitrogens with zero attached hydrogens (tertiary/aromatic N) is 1. The van der Waals surface area contributed by atoms with Crippen LogP contribution in [-0.4, -0.2) is 32.0 Å². The molecule has 0 aliphatic heterocycles. The second-order valence-corrected chi connectivity index (χ2v) is 6.97. The Balaban J connectivity index is 1.76. The lowest BCUT2D eigenvalue weighted by molar-refractivity contribution is 0.0948. The number of amides is 1. The fourth-order valence-corrected chi connectivity index (χ4v) is 3.21. The van der Waals surface area contributed by atoms with E-state index >= 15 is 0 Å². The molecule has 0 saturated heterocycles. The average Bonchev–Trinajstić information content (AvgIpc) is 2.72. The Labute approximate surface area is 166 Å². The van der Waals surface area contributed by atoms with Crippen LogP contribution in [0.1, 0.15) is 21.5 Å². The maximum absolute atomic E-state index is 12.6. The minimum atomic E-state index is -0.145. The number of carbonyl (C=O) groups is 1. The van der Waals surface area contributed by atoms with E-state index in [0.29, 0.717) is 17.9 Å². The van der Waals surface area contributed by atoms with Gasteiger partial charge in [0.25, 0.3) is 5.91 Å². The fourth-order valence-electron chi connectivity index (χ4n) is 3.21. The van der Waals surface area contributed by atoms with Gasteiger partial charge in [-0.15, -0.1) is 0 Å². The summed E-state index contributed by atoms with van der Waals surface area (Å²) in [7, 11) is 5.70. The average molecular weight is 374 g/mol. The number of carbonyl (C=O) groups excluding carboxylic acids is 1. The molecule has 0 atom stereocenters. The van der Waals surface area contributed by atoms with Crippen LogP contribution in [0.25, 0.3) is 11.1 Å². The van der Waals surface area contributed by atoms with E-state index in [9.17, 15) is 4.79 Å². The third-order valence-electron chi connectivity index (χ3n) is 4.57. The van der Waals surface area contributed by atoms with Crippen molar-refractivity contribution in [2.75, 3.05) is 21.2 Å². The summed E-state index contributed by atoms with van der Waals surface area (Å²) in [6.07, 6.45) is 0. The van der Waals surface area contributed by atoms with E-state index in [4.69, 9.17) is 4.74 Å². The lowest BCUT2D eigenvalue weighted by atomic mass is 9.98. The predicted octanol–water partition coefficient (Wildman–Crippen LogP) is 4.35. The SMILES string of the molecule is COc1ccccc1C(=O)NCc1ccccc1-c1ccc(CN(C)C)cc1. The zero-order valence-electron chi connectivity index (χ0n) is 16.6. The van der Waals surface area contributed by atoms with Crippen molar-refractivity contribution >= 4 is 5.91 Å². The number of rotatable bonds is 7. The lowest BCUT2D eigenvalue weighted by Gasteiger charge is -2.14. The van der Waals surface area contributed by atoms with Crippen LogP contribution in [0.15, 0.2) is 72.8 Å². The summed E-state index contributed by atoms with van der Waals surface area (Å²) in [6.45, 7) is 1.36. The maximum Gasteiger partial charge on any atom is 0.255 e. The predicted molar refractivity (Wildman–Crippen MR) is 113 cm³/mol. The zero-order valence-corrected chi connectivity index (χ0v) is 16.6. The summed E-state index contributed by atoms with van der Waals surface area (Å²) in [4.78, 5) is 14.7. The van der Waals surface area contributed by atoms with Gasteiger partial charge in [0.1, 0.15) is 5.75 Å². The van der Waals surface area contributed by atoms with E-state index < -0.39 is 0 Å². The fraction of sp³-hybridized carbons (Fsp3) is 0.208. The third kappa shape index (κ3) is 4.78. The molecule has 0 fully saturated rings. The molecule has 3 aromatic rings. The Morgan fingerprint density at radius 1 is 0.929 bits per heavy atom. The molecular formula is C24H26N2O2. The third-order valence-corrected chi connectivity index (χ3v) is 4.57. The van der Waals surface area contributed by atoms with Gasteiger partial charge in [-0.2, -0.15) is 0 Å². The summed E-state index contributed by atoms with van der Waals surface area (Å²) in [5.41, 5.74) is 5.15. The molecule has 0 spiro atoms.